The zero-order valence-electron chi connectivity index (χ0n) is 17.3. The summed E-state index contributed by atoms with van der Waals surface area (Å²) < 4.78 is 6.34. The van der Waals surface area contributed by atoms with E-state index < -0.39 is 0 Å². The van der Waals surface area contributed by atoms with Crippen molar-refractivity contribution in [1.82, 2.24) is 9.80 Å². The van der Waals surface area contributed by atoms with E-state index in [9.17, 15) is 4.79 Å². The minimum Gasteiger partial charge on any atom is -0.484 e. The molecule has 6 heteroatoms. The van der Waals surface area contributed by atoms with Crippen molar-refractivity contribution in [2.75, 3.05) is 45.3 Å². The first-order valence-electron chi connectivity index (χ1n) is 10.0. The van der Waals surface area contributed by atoms with Crippen molar-refractivity contribution in [3.05, 3.63) is 65.7 Å². The van der Waals surface area contributed by atoms with Crippen LogP contribution in [0.4, 0.5) is 0 Å². The van der Waals surface area contributed by atoms with Crippen LogP contribution in [-0.4, -0.2) is 61.0 Å². The molecule has 0 radical (unpaired) electrons. The van der Waals surface area contributed by atoms with Crippen molar-refractivity contribution >= 4 is 29.4 Å². The van der Waals surface area contributed by atoms with Gasteiger partial charge in [-0.15, -0.1) is 23.5 Å². The standard InChI is InChI=1S/C23H30N2O2S2/c1-24(2)13-14-25(17-19-7-4-3-5-8-19)22(26)18-27-21-11-9-20(10-12-21)23-28-15-6-16-29-23/h3-5,7-12,23H,6,13-18H2,1-2H3. The zero-order valence-corrected chi connectivity index (χ0v) is 18.9. The lowest BCUT2D eigenvalue weighted by Crippen LogP contribution is -2.38. The molecule has 1 fully saturated rings. The lowest BCUT2D eigenvalue weighted by atomic mass is 10.2. The van der Waals surface area contributed by atoms with Crippen molar-refractivity contribution in [3.8, 4) is 5.75 Å². The fourth-order valence-electron chi connectivity index (χ4n) is 3.05. The van der Waals surface area contributed by atoms with Crippen LogP contribution in [0.2, 0.25) is 0 Å². The molecule has 2 aromatic rings. The molecule has 156 valence electrons. The number of hydrogen-bond donors (Lipinski definition) is 0. The van der Waals surface area contributed by atoms with E-state index in [-0.39, 0.29) is 12.5 Å². The smallest absolute Gasteiger partial charge is 0.260 e. The molecule has 1 amide bonds. The predicted octanol–water partition coefficient (Wildman–Crippen LogP) is 4.52. The maximum atomic E-state index is 12.8. The molecule has 2 aromatic carbocycles. The average molecular weight is 431 g/mol. The number of hydrogen-bond acceptors (Lipinski definition) is 5. The summed E-state index contributed by atoms with van der Waals surface area (Å²) >= 11 is 4.02. The van der Waals surface area contributed by atoms with E-state index >= 15 is 0 Å². The highest BCUT2D eigenvalue weighted by Gasteiger charge is 2.17. The normalized spacial score (nSPS) is 14.7. The molecule has 1 aliphatic rings. The van der Waals surface area contributed by atoms with Crippen LogP contribution in [0.3, 0.4) is 0 Å². The second-order valence-corrected chi connectivity index (χ2v) is 10.1. The minimum atomic E-state index is 0.0122. The van der Waals surface area contributed by atoms with Crippen molar-refractivity contribution in [2.24, 2.45) is 0 Å². The largest absolute Gasteiger partial charge is 0.484 e. The first-order valence-corrected chi connectivity index (χ1v) is 12.1. The summed E-state index contributed by atoms with van der Waals surface area (Å²) in [5, 5.41) is 0. The van der Waals surface area contributed by atoms with Crippen molar-refractivity contribution in [1.29, 1.82) is 0 Å². The number of carbonyl (C=O) groups excluding carboxylic acids is 1. The number of benzene rings is 2. The Morgan fingerprint density at radius 2 is 1.69 bits per heavy atom. The van der Waals surface area contributed by atoms with Gasteiger partial charge in [-0.25, -0.2) is 0 Å². The number of ether oxygens (including phenoxy) is 1. The number of rotatable bonds is 9. The van der Waals surface area contributed by atoms with Gasteiger partial charge in [0.1, 0.15) is 5.75 Å². The summed E-state index contributed by atoms with van der Waals surface area (Å²) in [5.74, 6) is 3.22. The van der Waals surface area contributed by atoms with Crippen LogP contribution >= 0.6 is 23.5 Å². The SMILES string of the molecule is CN(C)CCN(Cc1ccccc1)C(=O)COc1ccc(C2SCCCS2)cc1. The van der Waals surface area contributed by atoms with Gasteiger partial charge >= 0.3 is 0 Å². The van der Waals surface area contributed by atoms with Crippen LogP contribution < -0.4 is 4.74 Å². The number of carbonyl (C=O) groups is 1. The molecule has 3 rings (SSSR count). The van der Waals surface area contributed by atoms with E-state index in [1.54, 1.807) is 0 Å². The first-order chi connectivity index (χ1) is 14.1. The van der Waals surface area contributed by atoms with E-state index in [0.717, 1.165) is 17.9 Å². The lowest BCUT2D eigenvalue weighted by molar-refractivity contribution is -0.134. The number of amides is 1. The highest BCUT2D eigenvalue weighted by Crippen LogP contribution is 2.43. The van der Waals surface area contributed by atoms with E-state index in [0.29, 0.717) is 17.7 Å². The van der Waals surface area contributed by atoms with Gasteiger partial charge in [0.15, 0.2) is 6.61 Å². The Balaban J connectivity index is 1.55. The monoisotopic (exact) mass is 430 g/mol. The maximum absolute atomic E-state index is 12.8. The van der Waals surface area contributed by atoms with Crippen molar-refractivity contribution in [2.45, 2.75) is 17.5 Å². The third-order valence-corrected chi connectivity index (χ3v) is 7.74. The van der Waals surface area contributed by atoms with Crippen LogP contribution in [0.1, 0.15) is 22.1 Å². The molecule has 0 aliphatic carbocycles. The molecule has 0 N–H and O–H groups in total. The molecule has 0 aromatic heterocycles. The topological polar surface area (TPSA) is 32.8 Å². The van der Waals surface area contributed by atoms with Gasteiger partial charge in [-0.05, 0) is 55.3 Å². The summed E-state index contributed by atoms with van der Waals surface area (Å²) in [6.07, 6.45) is 1.29. The van der Waals surface area contributed by atoms with Crippen molar-refractivity contribution in [3.63, 3.8) is 0 Å². The Hall–Kier alpha value is -1.63. The molecular formula is C23H30N2O2S2. The van der Waals surface area contributed by atoms with Crippen LogP contribution in [-0.2, 0) is 11.3 Å². The average Bonchev–Trinajstić information content (AvgIpc) is 2.76. The highest BCUT2D eigenvalue weighted by molar-refractivity contribution is 8.16. The van der Waals surface area contributed by atoms with Crippen molar-refractivity contribution < 1.29 is 9.53 Å². The molecular weight excluding hydrogens is 400 g/mol. The summed E-state index contributed by atoms with van der Waals surface area (Å²) in [7, 11) is 4.04. The summed E-state index contributed by atoms with van der Waals surface area (Å²) in [6, 6.07) is 18.3. The molecule has 0 unspecified atom stereocenters. The first kappa shape index (κ1) is 22.1. The van der Waals surface area contributed by atoms with Gasteiger partial charge < -0.3 is 14.5 Å². The van der Waals surface area contributed by atoms with Crippen LogP contribution in [0.5, 0.6) is 5.75 Å². The van der Waals surface area contributed by atoms with E-state index in [2.05, 4.69) is 29.2 Å². The van der Waals surface area contributed by atoms with Crippen LogP contribution in [0, 0.1) is 0 Å². The molecule has 1 heterocycles. The Labute approximate surface area is 183 Å². The van der Waals surface area contributed by atoms with Crippen LogP contribution in [0.15, 0.2) is 54.6 Å². The molecule has 1 saturated heterocycles. The van der Waals surface area contributed by atoms with E-state index in [4.69, 9.17) is 4.74 Å². The van der Waals surface area contributed by atoms with Gasteiger partial charge in [0, 0.05) is 19.6 Å². The molecule has 29 heavy (non-hydrogen) atoms. The fourth-order valence-corrected chi connectivity index (χ4v) is 5.95. The number of thioether (sulfide) groups is 2. The third kappa shape index (κ3) is 7.28. The Morgan fingerprint density at radius 1 is 1.00 bits per heavy atom. The van der Waals surface area contributed by atoms with Gasteiger partial charge in [0.2, 0.25) is 0 Å². The molecule has 0 atom stereocenters. The van der Waals surface area contributed by atoms with Gasteiger partial charge in [0.25, 0.3) is 5.91 Å². The molecule has 1 aliphatic heterocycles. The van der Waals surface area contributed by atoms with Gasteiger partial charge in [-0.1, -0.05) is 42.5 Å². The summed E-state index contributed by atoms with van der Waals surface area (Å²) in [6.45, 7) is 2.17. The highest BCUT2D eigenvalue weighted by atomic mass is 32.2. The molecule has 0 saturated carbocycles. The molecule has 0 bridgehead atoms. The zero-order chi connectivity index (χ0) is 20.5. The van der Waals surface area contributed by atoms with E-state index in [1.807, 2.05) is 72.9 Å². The van der Waals surface area contributed by atoms with Gasteiger partial charge in [-0.3, -0.25) is 4.79 Å². The van der Waals surface area contributed by atoms with Gasteiger partial charge in [-0.2, -0.15) is 0 Å². The van der Waals surface area contributed by atoms with Gasteiger partial charge in [0.05, 0.1) is 4.58 Å². The minimum absolute atomic E-state index is 0.0122. The Kier molecular flexibility index (Phi) is 8.77. The molecule has 4 nitrogen and oxygen atoms in total. The Bertz CT molecular complexity index is 747. The van der Waals surface area contributed by atoms with E-state index in [1.165, 1.54) is 23.5 Å². The fraction of sp³-hybridized carbons (Fsp3) is 0.435. The second-order valence-electron chi connectivity index (χ2n) is 7.39. The quantitative estimate of drug-likeness (QED) is 0.584. The summed E-state index contributed by atoms with van der Waals surface area (Å²) in [5.41, 5.74) is 2.46. The number of likely N-dealkylation sites (N-methyl/N-ethyl adjacent to an activating group) is 1. The van der Waals surface area contributed by atoms with Crippen LogP contribution in [0.25, 0.3) is 0 Å². The maximum Gasteiger partial charge on any atom is 0.260 e. The summed E-state index contributed by atoms with van der Waals surface area (Å²) in [4.78, 5) is 16.8. The predicted molar refractivity (Wildman–Crippen MR) is 125 cm³/mol. The molecule has 0 spiro atoms. The third-order valence-electron chi connectivity index (χ3n) is 4.73. The number of nitrogens with zero attached hydrogens (tertiary/aromatic N) is 2. The lowest BCUT2D eigenvalue weighted by Gasteiger charge is -2.25. The Morgan fingerprint density at radius 3 is 2.34 bits per heavy atom. The second kappa shape index (κ2) is 11.5.